The summed E-state index contributed by atoms with van der Waals surface area (Å²) in [5, 5.41) is 16.5. The summed E-state index contributed by atoms with van der Waals surface area (Å²) >= 11 is 0. The van der Waals surface area contributed by atoms with Crippen molar-refractivity contribution in [3.63, 3.8) is 0 Å². The molecule has 4 rings (SSSR count). The highest BCUT2D eigenvalue weighted by Crippen LogP contribution is 2.32. The van der Waals surface area contributed by atoms with E-state index in [0.29, 0.717) is 16.8 Å². The maximum absolute atomic E-state index is 13.1. The van der Waals surface area contributed by atoms with Crippen LogP contribution in [0.4, 0.5) is 26.3 Å². The Morgan fingerprint density at radius 2 is 1.59 bits per heavy atom. The molecule has 3 aromatic heterocycles. The number of carboxylic acids is 2. The van der Waals surface area contributed by atoms with Gasteiger partial charge >= 0.3 is 24.3 Å². The Balaban J connectivity index is 0.000000532. The molecule has 15 heteroatoms. The second-order valence-corrected chi connectivity index (χ2v) is 7.84. The van der Waals surface area contributed by atoms with E-state index in [9.17, 15) is 41.0 Å². The number of carboxylic acid groups (broad SMARTS) is 2. The lowest BCUT2D eigenvalue weighted by atomic mass is 10.0. The topological polar surface area (TPSA) is 135 Å². The zero-order chi connectivity index (χ0) is 29.1. The number of rotatable bonds is 4. The van der Waals surface area contributed by atoms with Crippen molar-refractivity contribution in [1.82, 2.24) is 19.5 Å². The first-order valence-corrected chi connectivity index (χ1v) is 10.6. The largest absolute Gasteiger partial charge is 0.490 e. The quantitative estimate of drug-likeness (QED) is 0.343. The second kappa shape index (κ2) is 10.9. The molecule has 1 unspecified atom stereocenters. The maximum Gasteiger partial charge on any atom is 0.490 e. The van der Waals surface area contributed by atoms with Crippen molar-refractivity contribution >= 4 is 22.8 Å². The summed E-state index contributed by atoms with van der Waals surface area (Å²) in [5.74, 6) is -3.97. The molecule has 9 nitrogen and oxygen atoms in total. The SMILES string of the molecule is CC(C(=O)O)n1cnc2c(-c3cccnc3)nc(-c3ccc(C(F)(F)F)cc3)cc2c1=O.O=C(O)C(F)(F)F. The van der Waals surface area contributed by atoms with Crippen LogP contribution in [0.15, 0.2) is 66.0 Å². The van der Waals surface area contributed by atoms with E-state index in [1.54, 1.807) is 18.3 Å². The van der Waals surface area contributed by atoms with E-state index in [1.165, 1.54) is 31.3 Å². The molecule has 0 saturated heterocycles. The van der Waals surface area contributed by atoms with Crippen molar-refractivity contribution in [2.45, 2.75) is 25.3 Å². The van der Waals surface area contributed by atoms with Gasteiger partial charge in [0.15, 0.2) is 0 Å². The van der Waals surface area contributed by atoms with E-state index >= 15 is 0 Å². The van der Waals surface area contributed by atoms with Crippen LogP contribution < -0.4 is 5.56 Å². The van der Waals surface area contributed by atoms with Gasteiger partial charge in [-0.25, -0.2) is 19.6 Å². The molecule has 3 heterocycles. The van der Waals surface area contributed by atoms with Crippen molar-refractivity contribution in [1.29, 1.82) is 0 Å². The van der Waals surface area contributed by atoms with E-state index in [1.807, 2.05) is 0 Å². The lowest BCUT2D eigenvalue weighted by molar-refractivity contribution is -0.192. The van der Waals surface area contributed by atoms with Crippen LogP contribution in [-0.4, -0.2) is 47.8 Å². The van der Waals surface area contributed by atoms with Gasteiger partial charge < -0.3 is 10.2 Å². The van der Waals surface area contributed by atoms with Gasteiger partial charge in [-0.15, -0.1) is 0 Å². The predicted molar refractivity (Wildman–Crippen MR) is 124 cm³/mol. The summed E-state index contributed by atoms with van der Waals surface area (Å²) in [6.45, 7) is 1.34. The molecule has 0 aliphatic rings. The Hall–Kier alpha value is -4.82. The second-order valence-electron chi connectivity index (χ2n) is 7.84. The molecule has 2 N–H and O–H groups in total. The van der Waals surface area contributed by atoms with Crippen molar-refractivity contribution in [2.75, 3.05) is 0 Å². The van der Waals surface area contributed by atoms with Crippen LogP contribution in [0.25, 0.3) is 33.4 Å². The van der Waals surface area contributed by atoms with E-state index in [-0.39, 0.29) is 16.6 Å². The van der Waals surface area contributed by atoms with Crippen LogP contribution in [0.2, 0.25) is 0 Å². The minimum absolute atomic E-state index is 0.0874. The Labute approximate surface area is 214 Å². The third kappa shape index (κ3) is 6.55. The number of hydrogen-bond acceptors (Lipinski definition) is 6. The lowest BCUT2D eigenvalue weighted by Crippen LogP contribution is -2.28. The fraction of sp³-hybridized carbons (Fsp3) is 0.167. The van der Waals surface area contributed by atoms with Gasteiger partial charge in [-0.1, -0.05) is 12.1 Å². The molecule has 0 bridgehead atoms. The number of aliphatic carboxylic acids is 2. The van der Waals surface area contributed by atoms with Crippen LogP contribution in [0.3, 0.4) is 0 Å². The molecule has 0 radical (unpaired) electrons. The van der Waals surface area contributed by atoms with E-state index in [0.717, 1.165) is 23.0 Å². The van der Waals surface area contributed by atoms with Crippen molar-refractivity contribution in [3.05, 3.63) is 77.1 Å². The molecule has 204 valence electrons. The third-order valence-electron chi connectivity index (χ3n) is 5.23. The standard InChI is InChI=1S/C22H15F3N4O3.C2HF3O2/c1-12(21(31)32)29-11-27-19-16(20(29)30)9-17(28-18(19)14-3-2-8-26-10-14)13-4-6-15(7-5-13)22(23,24)25;3-2(4,5)1(6)7/h2-12H,1H3,(H,31,32);(H,6,7). The maximum atomic E-state index is 13.1. The minimum Gasteiger partial charge on any atom is -0.480 e. The van der Waals surface area contributed by atoms with Gasteiger partial charge in [-0.3, -0.25) is 14.3 Å². The Kier molecular flexibility index (Phi) is 8.02. The molecule has 1 atom stereocenters. The summed E-state index contributed by atoms with van der Waals surface area (Å²) in [7, 11) is 0. The predicted octanol–water partition coefficient (Wildman–Crippen LogP) is 4.82. The molecule has 0 amide bonds. The number of halogens is 6. The molecular weight excluding hydrogens is 538 g/mol. The fourth-order valence-electron chi connectivity index (χ4n) is 3.22. The summed E-state index contributed by atoms with van der Waals surface area (Å²) in [4.78, 5) is 46.2. The molecule has 39 heavy (non-hydrogen) atoms. The number of alkyl halides is 6. The summed E-state index contributed by atoms with van der Waals surface area (Å²) in [6.07, 6.45) is -5.35. The highest BCUT2D eigenvalue weighted by Gasteiger charge is 2.38. The summed E-state index contributed by atoms with van der Waals surface area (Å²) in [5.41, 5.74) is 0.252. The van der Waals surface area contributed by atoms with Crippen LogP contribution in [-0.2, 0) is 15.8 Å². The van der Waals surface area contributed by atoms with Gasteiger partial charge in [-0.05, 0) is 37.3 Å². The molecule has 0 aliphatic carbocycles. The van der Waals surface area contributed by atoms with Crippen LogP contribution >= 0.6 is 0 Å². The summed E-state index contributed by atoms with van der Waals surface area (Å²) in [6, 6.07) is 8.00. The Bertz CT molecular complexity index is 1570. The van der Waals surface area contributed by atoms with Gasteiger partial charge in [0.05, 0.1) is 28.7 Å². The Morgan fingerprint density at radius 1 is 0.974 bits per heavy atom. The molecule has 0 aliphatic heterocycles. The molecular formula is C24H16F6N4O5. The van der Waals surface area contributed by atoms with E-state index in [4.69, 9.17) is 9.90 Å². The van der Waals surface area contributed by atoms with E-state index < -0.39 is 41.5 Å². The number of pyridine rings is 2. The zero-order valence-corrected chi connectivity index (χ0v) is 19.5. The number of aromatic nitrogens is 4. The monoisotopic (exact) mass is 554 g/mol. The third-order valence-corrected chi connectivity index (χ3v) is 5.23. The molecule has 0 spiro atoms. The van der Waals surface area contributed by atoms with E-state index in [2.05, 4.69) is 15.0 Å². The van der Waals surface area contributed by atoms with Gasteiger partial charge in [0, 0.05) is 23.5 Å². The van der Waals surface area contributed by atoms with Crippen LogP contribution in [0.5, 0.6) is 0 Å². The normalized spacial score (nSPS) is 12.4. The molecule has 4 aromatic rings. The van der Waals surface area contributed by atoms with Gasteiger partial charge in [0.25, 0.3) is 5.56 Å². The molecule has 0 saturated carbocycles. The fourth-order valence-corrected chi connectivity index (χ4v) is 3.22. The van der Waals surface area contributed by atoms with Crippen LogP contribution in [0, 0.1) is 0 Å². The Morgan fingerprint density at radius 3 is 2.08 bits per heavy atom. The molecule has 1 aromatic carbocycles. The first-order chi connectivity index (χ1) is 18.1. The summed E-state index contributed by atoms with van der Waals surface area (Å²) < 4.78 is 71.5. The highest BCUT2D eigenvalue weighted by atomic mass is 19.4. The average Bonchev–Trinajstić information content (AvgIpc) is 2.88. The minimum atomic E-state index is -5.08. The van der Waals surface area contributed by atoms with Crippen molar-refractivity contribution in [2.24, 2.45) is 0 Å². The van der Waals surface area contributed by atoms with Gasteiger partial charge in [-0.2, -0.15) is 26.3 Å². The van der Waals surface area contributed by atoms with Gasteiger partial charge in [0.2, 0.25) is 0 Å². The lowest BCUT2D eigenvalue weighted by Gasteiger charge is -2.14. The van der Waals surface area contributed by atoms with Crippen molar-refractivity contribution in [3.8, 4) is 22.5 Å². The molecule has 0 fully saturated rings. The number of hydrogen-bond donors (Lipinski definition) is 2. The first kappa shape index (κ1) is 28.7. The smallest absolute Gasteiger partial charge is 0.480 e. The number of benzene rings is 1. The number of fused-ring (bicyclic) bond motifs is 1. The van der Waals surface area contributed by atoms with Crippen molar-refractivity contribution < 1.29 is 46.1 Å². The van der Waals surface area contributed by atoms with Crippen LogP contribution in [0.1, 0.15) is 18.5 Å². The zero-order valence-electron chi connectivity index (χ0n) is 19.5. The number of carbonyl (C=O) groups is 2. The van der Waals surface area contributed by atoms with Gasteiger partial charge in [0.1, 0.15) is 11.6 Å². The highest BCUT2D eigenvalue weighted by molar-refractivity contribution is 5.93. The number of nitrogens with zero attached hydrogens (tertiary/aromatic N) is 4. The average molecular weight is 554 g/mol. The first-order valence-electron chi connectivity index (χ1n) is 10.6.